The van der Waals surface area contributed by atoms with Crippen LogP contribution in [0.25, 0.3) is 11.3 Å². The van der Waals surface area contributed by atoms with E-state index < -0.39 is 5.97 Å². The van der Waals surface area contributed by atoms with E-state index in [2.05, 4.69) is 4.98 Å². The third-order valence-electron chi connectivity index (χ3n) is 4.87. The van der Waals surface area contributed by atoms with Crippen LogP contribution in [0.2, 0.25) is 0 Å². The van der Waals surface area contributed by atoms with Crippen LogP contribution in [-0.2, 0) is 16.0 Å². The summed E-state index contributed by atoms with van der Waals surface area (Å²) in [7, 11) is 0. The maximum absolute atomic E-state index is 13.0. The molecule has 1 aliphatic rings. The molecule has 27 heavy (non-hydrogen) atoms. The monoisotopic (exact) mass is 374 g/mol. The van der Waals surface area contributed by atoms with E-state index in [9.17, 15) is 14.0 Å². The first-order valence-electron chi connectivity index (χ1n) is 9.21. The van der Waals surface area contributed by atoms with Gasteiger partial charge in [0.05, 0.1) is 6.20 Å². The second kappa shape index (κ2) is 8.79. The molecule has 0 spiro atoms. The molecule has 2 heterocycles. The summed E-state index contributed by atoms with van der Waals surface area (Å²) in [5, 5.41) is 8.81. The fraction of sp³-hybridized carbons (Fsp3) is 0.450. The largest absolute Gasteiger partial charge is 0.481 e. The van der Waals surface area contributed by atoms with E-state index in [-0.39, 0.29) is 24.1 Å². The Kier molecular flexibility index (Phi) is 6.21. The van der Waals surface area contributed by atoms with Crippen LogP contribution in [0.15, 0.2) is 34.9 Å². The first-order valence-corrected chi connectivity index (χ1v) is 9.21. The Bertz CT molecular complexity index is 788. The lowest BCUT2D eigenvalue weighted by Gasteiger charge is -2.32. The Balaban J connectivity index is 1.50. The molecule has 1 amide bonds. The van der Waals surface area contributed by atoms with Gasteiger partial charge in [-0.15, -0.1) is 0 Å². The van der Waals surface area contributed by atoms with Crippen molar-refractivity contribution < 1.29 is 23.5 Å². The number of hydrogen-bond acceptors (Lipinski definition) is 4. The van der Waals surface area contributed by atoms with Crippen molar-refractivity contribution in [3.63, 3.8) is 0 Å². The molecule has 0 bridgehead atoms. The molecular weight excluding hydrogens is 351 g/mol. The number of halogens is 1. The zero-order chi connectivity index (χ0) is 19.2. The number of likely N-dealkylation sites (tertiary alicyclic amines) is 1. The summed E-state index contributed by atoms with van der Waals surface area (Å²) >= 11 is 0. The SMILES string of the molecule is O=C(O)CC[C@@H]1CCCN(C(=O)CCc2ncc(-c3ccc(F)cc3)o2)C1. The normalized spacial score (nSPS) is 17.1. The average Bonchev–Trinajstić information content (AvgIpc) is 3.14. The molecule has 0 radical (unpaired) electrons. The van der Waals surface area contributed by atoms with Gasteiger partial charge in [0.2, 0.25) is 5.91 Å². The number of hydrogen-bond donors (Lipinski definition) is 1. The number of carbonyl (C=O) groups excluding carboxylic acids is 1. The predicted octanol–water partition coefficient (Wildman–Crippen LogP) is 3.52. The molecule has 1 aliphatic heterocycles. The lowest BCUT2D eigenvalue weighted by molar-refractivity contribution is -0.137. The van der Waals surface area contributed by atoms with E-state index in [0.717, 1.165) is 24.9 Å². The summed E-state index contributed by atoms with van der Waals surface area (Å²) in [4.78, 5) is 29.2. The average molecular weight is 374 g/mol. The number of rotatable bonds is 7. The molecule has 7 heteroatoms. The molecular formula is C20H23FN2O4. The van der Waals surface area contributed by atoms with Crippen molar-refractivity contribution in [1.82, 2.24) is 9.88 Å². The molecule has 0 unspecified atom stereocenters. The Morgan fingerprint density at radius 3 is 2.78 bits per heavy atom. The lowest BCUT2D eigenvalue weighted by Crippen LogP contribution is -2.40. The number of piperidine rings is 1. The molecule has 6 nitrogen and oxygen atoms in total. The highest BCUT2D eigenvalue weighted by Gasteiger charge is 2.24. The van der Waals surface area contributed by atoms with Crippen LogP contribution >= 0.6 is 0 Å². The summed E-state index contributed by atoms with van der Waals surface area (Å²) in [5.41, 5.74) is 0.735. The maximum atomic E-state index is 13.0. The Morgan fingerprint density at radius 2 is 2.04 bits per heavy atom. The number of nitrogens with zero attached hydrogens (tertiary/aromatic N) is 2. The highest BCUT2D eigenvalue weighted by Crippen LogP contribution is 2.23. The zero-order valence-electron chi connectivity index (χ0n) is 15.1. The second-order valence-electron chi connectivity index (χ2n) is 6.91. The molecule has 2 aromatic rings. The minimum atomic E-state index is -0.792. The number of aliphatic carboxylic acids is 1. The smallest absolute Gasteiger partial charge is 0.303 e. The van der Waals surface area contributed by atoms with Crippen LogP contribution in [0, 0.1) is 11.7 Å². The van der Waals surface area contributed by atoms with Gasteiger partial charge in [0.1, 0.15) is 5.82 Å². The number of aromatic nitrogens is 1. The number of carbonyl (C=O) groups is 2. The number of carboxylic acid groups (broad SMARTS) is 1. The molecule has 1 aromatic carbocycles. The quantitative estimate of drug-likeness (QED) is 0.802. The van der Waals surface area contributed by atoms with Gasteiger partial charge >= 0.3 is 5.97 Å². The van der Waals surface area contributed by atoms with Crippen molar-refractivity contribution >= 4 is 11.9 Å². The van der Waals surface area contributed by atoms with Crippen LogP contribution in [0.4, 0.5) is 4.39 Å². The summed E-state index contributed by atoms with van der Waals surface area (Å²) < 4.78 is 18.7. The fourth-order valence-corrected chi connectivity index (χ4v) is 3.40. The number of carboxylic acids is 1. The number of amides is 1. The summed E-state index contributed by atoms with van der Waals surface area (Å²) in [5.74, 6) is 0.208. The van der Waals surface area contributed by atoms with Gasteiger partial charge in [0.15, 0.2) is 11.7 Å². The summed E-state index contributed by atoms with van der Waals surface area (Å²) in [6, 6.07) is 5.96. The third-order valence-corrected chi connectivity index (χ3v) is 4.87. The lowest BCUT2D eigenvalue weighted by atomic mass is 9.93. The fourth-order valence-electron chi connectivity index (χ4n) is 3.40. The van der Waals surface area contributed by atoms with Crippen molar-refractivity contribution in [2.75, 3.05) is 13.1 Å². The summed E-state index contributed by atoms with van der Waals surface area (Å²) in [6.07, 6.45) is 4.91. The molecule has 3 rings (SSSR count). The first-order chi connectivity index (χ1) is 13.0. The Labute approximate surface area is 157 Å². The number of benzene rings is 1. The van der Waals surface area contributed by atoms with Crippen molar-refractivity contribution in [2.45, 2.75) is 38.5 Å². The molecule has 0 aliphatic carbocycles. The summed E-state index contributed by atoms with van der Waals surface area (Å²) in [6.45, 7) is 1.34. The number of aryl methyl sites for hydroxylation is 1. The van der Waals surface area contributed by atoms with E-state index >= 15 is 0 Å². The van der Waals surface area contributed by atoms with E-state index in [4.69, 9.17) is 9.52 Å². The van der Waals surface area contributed by atoms with Gasteiger partial charge in [-0.05, 0) is 49.4 Å². The van der Waals surface area contributed by atoms with Gasteiger partial charge in [0, 0.05) is 37.9 Å². The van der Waals surface area contributed by atoms with E-state index in [1.54, 1.807) is 18.3 Å². The van der Waals surface area contributed by atoms with Crippen LogP contribution in [-0.4, -0.2) is 40.0 Å². The highest BCUT2D eigenvalue weighted by molar-refractivity contribution is 5.76. The molecule has 1 N–H and O–H groups in total. The van der Waals surface area contributed by atoms with Crippen LogP contribution < -0.4 is 0 Å². The van der Waals surface area contributed by atoms with E-state index in [1.807, 2.05) is 4.90 Å². The van der Waals surface area contributed by atoms with Gasteiger partial charge in [-0.25, -0.2) is 9.37 Å². The maximum Gasteiger partial charge on any atom is 0.303 e. The highest BCUT2D eigenvalue weighted by atomic mass is 19.1. The first kappa shape index (κ1) is 19.1. The van der Waals surface area contributed by atoms with Gasteiger partial charge < -0.3 is 14.4 Å². The Morgan fingerprint density at radius 1 is 1.26 bits per heavy atom. The van der Waals surface area contributed by atoms with Crippen molar-refractivity contribution in [2.24, 2.45) is 5.92 Å². The number of oxazole rings is 1. The van der Waals surface area contributed by atoms with Crippen LogP contribution in [0.5, 0.6) is 0 Å². The zero-order valence-corrected chi connectivity index (χ0v) is 15.1. The van der Waals surface area contributed by atoms with Gasteiger partial charge in [-0.3, -0.25) is 9.59 Å². The molecule has 144 valence electrons. The van der Waals surface area contributed by atoms with E-state index in [0.29, 0.717) is 37.5 Å². The van der Waals surface area contributed by atoms with E-state index in [1.165, 1.54) is 12.1 Å². The van der Waals surface area contributed by atoms with Crippen LogP contribution in [0.1, 0.15) is 38.0 Å². The second-order valence-corrected chi connectivity index (χ2v) is 6.91. The standard InChI is InChI=1S/C20H23FN2O4/c21-16-6-4-15(5-7-16)17-12-22-18(27-17)8-9-19(24)23-11-1-2-14(13-23)3-10-20(25)26/h4-7,12,14H,1-3,8-11,13H2,(H,25,26)/t14-/m0/s1. The van der Waals surface area contributed by atoms with Gasteiger partial charge in [-0.1, -0.05) is 0 Å². The predicted molar refractivity (Wildman–Crippen MR) is 96.4 cm³/mol. The van der Waals surface area contributed by atoms with Gasteiger partial charge in [-0.2, -0.15) is 0 Å². The molecule has 1 saturated heterocycles. The minimum Gasteiger partial charge on any atom is -0.481 e. The van der Waals surface area contributed by atoms with Crippen molar-refractivity contribution in [3.05, 3.63) is 42.2 Å². The topological polar surface area (TPSA) is 83.6 Å². The van der Waals surface area contributed by atoms with Gasteiger partial charge in [0.25, 0.3) is 0 Å². The van der Waals surface area contributed by atoms with Crippen molar-refractivity contribution in [3.8, 4) is 11.3 Å². The molecule has 1 atom stereocenters. The third kappa shape index (κ3) is 5.39. The Hall–Kier alpha value is -2.70. The van der Waals surface area contributed by atoms with Crippen molar-refractivity contribution in [1.29, 1.82) is 0 Å². The molecule has 0 saturated carbocycles. The minimum absolute atomic E-state index is 0.0385. The molecule has 1 fully saturated rings. The molecule has 1 aromatic heterocycles. The van der Waals surface area contributed by atoms with Crippen LogP contribution in [0.3, 0.4) is 0 Å².